The van der Waals surface area contributed by atoms with Crippen molar-refractivity contribution >= 4 is 5.97 Å². The maximum Gasteiger partial charge on any atom is 0.302 e. The van der Waals surface area contributed by atoms with Crippen LogP contribution in [-0.2, 0) is 14.3 Å². The highest BCUT2D eigenvalue weighted by atomic mass is 16.5. The predicted molar refractivity (Wildman–Crippen MR) is 106 cm³/mol. The third-order valence-corrected chi connectivity index (χ3v) is 11.2. The molecule has 0 aromatic rings. The quantitative estimate of drug-likeness (QED) is 0.572. The lowest BCUT2D eigenvalue weighted by Crippen LogP contribution is -2.80. The monoisotopic (exact) mass is 399 g/mol. The van der Waals surface area contributed by atoms with Crippen molar-refractivity contribution in [2.75, 3.05) is 6.54 Å². The molecule has 4 heterocycles. The number of aliphatic hydroxyl groups is 1. The minimum Gasteiger partial charge on any atom is -0.462 e. The average molecular weight is 400 g/mol. The molecule has 2 spiro atoms. The van der Waals surface area contributed by atoms with Crippen molar-refractivity contribution in [1.29, 1.82) is 0 Å². The zero-order valence-electron chi connectivity index (χ0n) is 17.8. The number of carbonyl (C=O) groups is 1. The Morgan fingerprint density at radius 2 is 2.17 bits per heavy atom. The molecule has 0 amide bonds. The Labute approximate surface area is 172 Å². The number of esters is 1. The fraction of sp³-hybridized carbons (Fsp3) is 0.875. The van der Waals surface area contributed by atoms with Gasteiger partial charge >= 0.3 is 5.97 Å². The summed E-state index contributed by atoms with van der Waals surface area (Å²) in [5.74, 6) is 1.18. The summed E-state index contributed by atoms with van der Waals surface area (Å²) >= 11 is 0. The van der Waals surface area contributed by atoms with E-state index in [1.165, 1.54) is 12.8 Å². The van der Waals surface area contributed by atoms with E-state index in [4.69, 9.17) is 9.47 Å². The molecule has 1 N–H and O–H groups in total. The van der Waals surface area contributed by atoms with Gasteiger partial charge in [-0.25, -0.2) is 0 Å². The molecule has 158 valence electrons. The van der Waals surface area contributed by atoms with Crippen molar-refractivity contribution < 1.29 is 19.4 Å². The molecule has 2 unspecified atom stereocenters. The number of piperidine rings is 1. The van der Waals surface area contributed by atoms with Crippen molar-refractivity contribution in [3.63, 3.8) is 0 Å². The van der Waals surface area contributed by atoms with Gasteiger partial charge in [-0.3, -0.25) is 9.69 Å². The highest BCUT2D eigenvalue weighted by Crippen LogP contribution is 2.86. The Kier molecular flexibility index (Phi) is 3.02. The van der Waals surface area contributed by atoms with Crippen LogP contribution in [0.25, 0.3) is 0 Å². The van der Waals surface area contributed by atoms with Crippen LogP contribution in [0.15, 0.2) is 12.2 Å². The van der Waals surface area contributed by atoms with E-state index in [2.05, 4.69) is 25.3 Å². The summed E-state index contributed by atoms with van der Waals surface area (Å²) in [5.41, 5.74) is 0.923. The van der Waals surface area contributed by atoms with E-state index in [1.807, 2.05) is 0 Å². The highest BCUT2D eigenvalue weighted by molar-refractivity contribution is 5.66. The zero-order chi connectivity index (χ0) is 20.1. The number of hydrogen-bond acceptors (Lipinski definition) is 5. The summed E-state index contributed by atoms with van der Waals surface area (Å²) in [6.45, 7) is 11.6. The van der Waals surface area contributed by atoms with Crippen molar-refractivity contribution in [3.05, 3.63) is 12.2 Å². The van der Waals surface area contributed by atoms with E-state index in [9.17, 15) is 9.90 Å². The van der Waals surface area contributed by atoms with Gasteiger partial charge in [-0.15, -0.1) is 0 Å². The lowest BCUT2D eigenvalue weighted by molar-refractivity contribution is -0.380. The molecule has 29 heavy (non-hydrogen) atoms. The maximum absolute atomic E-state index is 12.2. The number of aliphatic hydroxyl groups excluding tert-OH is 1. The molecule has 5 nitrogen and oxygen atoms in total. The lowest BCUT2D eigenvalue weighted by atomic mass is 9.37. The summed E-state index contributed by atoms with van der Waals surface area (Å²) in [6.07, 6.45) is 5.45. The van der Waals surface area contributed by atoms with Crippen LogP contribution in [0.1, 0.15) is 52.9 Å². The first kappa shape index (κ1) is 17.7. The van der Waals surface area contributed by atoms with Crippen LogP contribution in [0, 0.1) is 39.9 Å². The molecule has 6 saturated carbocycles. The van der Waals surface area contributed by atoms with Crippen LogP contribution < -0.4 is 0 Å². The van der Waals surface area contributed by atoms with Crippen LogP contribution in [0.3, 0.4) is 0 Å². The normalized spacial score (nSPS) is 63.3. The van der Waals surface area contributed by atoms with Crippen molar-refractivity contribution in [1.82, 2.24) is 4.90 Å². The number of fused-ring (bicyclic) bond motifs is 3. The molecule has 0 aromatic heterocycles. The van der Waals surface area contributed by atoms with Gasteiger partial charge < -0.3 is 14.6 Å². The van der Waals surface area contributed by atoms with Crippen LogP contribution >= 0.6 is 0 Å². The zero-order valence-corrected chi connectivity index (χ0v) is 17.8. The van der Waals surface area contributed by atoms with Gasteiger partial charge in [0.25, 0.3) is 0 Å². The molecule has 0 radical (unpaired) electrons. The summed E-state index contributed by atoms with van der Waals surface area (Å²) < 4.78 is 13.0. The summed E-state index contributed by atoms with van der Waals surface area (Å²) in [4.78, 5) is 14.9. The smallest absolute Gasteiger partial charge is 0.302 e. The SMILES string of the molecule is C=C1[C@H]2CC[C@@]3([C@@H]1O)[C@@H]([C@H]2OC(C)=O)[C@@]12C4[C@@H]3C[C@@H]1[C@@]1(C)CC[C@@H]2OC1N4CC. The molecular formula is C24H33NO4. The van der Waals surface area contributed by atoms with E-state index >= 15 is 0 Å². The largest absolute Gasteiger partial charge is 0.462 e. The number of rotatable bonds is 2. The topological polar surface area (TPSA) is 59.0 Å². The van der Waals surface area contributed by atoms with Gasteiger partial charge in [0.15, 0.2) is 0 Å². The van der Waals surface area contributed by atoms with E-state index in [0.29, 0.717) is 17.9 Å². The molecule has 4 aliphatic heterocycles. The molecule has 9 bridgehead atoms. The molecule has 12 atom stereocenters. The minimum absolute atomic E-state index is 0.0168. The Morgan fingerprint density at radius 3 is 2.90 bits per heavy atom. The molecule has 5 heteroatoms. The molecule has 10 rings (SSSR count). The maximum atomic E-state index is 12.2. The van der Waals surface area contributed by atoms with Gasteiger partial charge in [0.05, 0.1) is 12.2 Å². The van der Waals surface area contributed by atoms with Crippen molar-refractivity contribution in [3.8, 4) is 0 Å². The van der Waals surface area contributed by atoms with Gasteiger partial charge in [0, 0.05) is 41.0 Å². The summed E-state index contributed by atoms with van der Waals surface area (Å²) in [6, 6.07) is 0.456. The van der Waals surface area contributed by atoms with Crippen LogP contribution in [0.4, 0.5) is 0 Å². The third kappa shape index (κ3) is 1.49. The highest BCUT2D eigenvalue weighted by Gasteiger charge is 2.90. The number of nitrogens with zero attached hydrogens (tertiary/aromatic N) is 1. The molecule has 4 saturated heterocycles. The standard InChI is InChI=1S/C24H33NO4/c1-5-25-19-14-10-15-22(4)8-7-16(29-21(22)25)24(15,19)18-17(28-12(3)26)13-6-9-23(14,18)20(27)11(13)2/h13-21,27H,2,5-10H2,1,3-4H3/t13-,14+,15-,16+,17+,18-,19?,20-,21?,22-,23+,24-/m1/s1. The Morgan fingerprint density at radius 1 is 1.38 bits per heavy atom. The Bertz CT molecular complexity index is 843. The van der Waals surface area contributed by atoms with Gasteiger partial charge in [0.2, 0.25) is 0 Å². The van der Waals surface area contributed by atoms with Crippen molar-refractivity contribution in [2.24, 2.45) is 39.9 Å². The molecule has 10 aliphatic rings. The predicted octanol–water partition coefficient (Wildman–Crippen LogP) is 2.73. The second kappa shape index (κ2) is 4.94. The lowest BCUT2D eigenvalue weighted by Gasteiger charge is -2.75. The second-order valence-electron chi connectivity index (χ2n) is 11.5. The summed E-state index contributed by atoms with van der Waals surface area (Å²) in [5, 5.41) is 11.6. The van der Waals surface area contributed by atoms with E-state index in [-0.39, 0.29) is 52.5 Å². The fourth-order valence-electron chi connectivity index (χ4n) is 10.9. The number of ether oxygens (including phenoxy) is 2. The molecule has 0 aromatic carbocycles. The summed E-state index contributed by atoms with van der Waals surface area (Å²) in [7, 11) is 0. The van der Waals surface area contributed by atoms with Gasteiger partial charge in [-0.05, 0) is 56.1 Å². The van der Waals surface area contributed by atoms with Crippen LogP contribution in [0.2, 0.25) is 0 Å². The Hall–Kier alpha value is -0.910. The van der Waals surface area contributed by atoms with E-state index < -0.39 is 6.10 Å². The van der Waals surface area contributed by atoms with Crippen LogP contribution in [0.5, 0.6) is 0 Å². The first-order valence-electron chi connectivity index (χ1n) is 11.8. The number of carbonyl (C=O) groups excluding carboxylic acids is 1. The second-order valence-corrected chi connectivity index (χ2v) is 11.5. The Balaban J connectivity index is 1.50. The van der Waals surface area contributed by atoms with Gasteiger partial charge in [-0.1, -0.05) is 20.4 Å². The van der Waals surface area contributed by atoms with Gasteiger partial charge in [-0.2, -0.15) is 0 Å². The number of hydrogen-bond donors (Lipinski definition) is 1. The molecular weight excluding hydrogens is 366 g/mol. The molecule has 10 fully saturated rings. The van der Waals surface area contributed by atoms with E-state index in [0.717, 1.165) is 31.4 Å². The van der Waals surface area contributed by atoms with Crippen molar-refractivity contribution in [2.45, 2.75) is 83.5 Å². The average Bonchev–Trinajstić information content (AvgIpc) is 3.15. The first-order valence-corrected chi connectivity index (χ1v) is 11.8. The third-order valence-electron chi connectivity index (χ3n) is 11.2. The van der Waals surface area contributed by atoms with E-state index in [1.54, 1.807) is 6.92 Å². The fourth-order valence-corrected chi connectivity index (χ4v) is 10.9. The first-order chi connectivity index (χ1) is 13.8. The molecule has 6 aliphatic carbocycles. The minimum atomic E-state index is -0.465. The van der Waals surface area contributed by atoms with Gasteiger partial charge in [0.1, 0.15) is 12.3 Å². The van der Waals surface area contributed by atoms with Crippen LogP contribution in [-0.4, -0.2) is 53.1 Å².